The van der Waals surface area contributed by atoms with E-state index in [4.69, 9.17) is 0 Å². The molecule has 1 aliphatic rings. The molecule has 4 nitrogen and oxygen atoms in total. The summed E-state index contributed by atoms with van der Waals surface area (Å²) in [5.41, 5.74) is 2.98. The van der Waals surface area contributed by atoms with Gasteiger partial charge >= 0.3 is 0 Å². The molecule has 1 amide bonds. The fourth-order valence-corrected chi connectivity index (χ4v) is 2.44. The first-order valence-corrected chi connectivity index (χ1v) is 6.88. The van der Waals surface area contributed by atoms with Gasteiger partial charge in [-0.1, -0.05) is 6.07 Å². The number of amides is 1. The third-order valence-corrected chi connectivity index (χ3v) is 3.81. The summed E-state index contributed by atoms with van der Waals surface area (Å²) in [6.07, 6.45) is 2.31. The Morgan fingerprint density at radius 2 is 2.00 bits per heavy atom. The van der Waals surface area contributed by atoms with Crippen molar-refractivity contribution in [3.05, 3.63) is 29.3 Å². The summed E-state index contributed by atoms with van der Waals surface area (Å²) in [5.74, 6) is -0.0357. The fraction of sp³-hybridized carbons (Fsp3) is 0.533. The van der Waals surface area contributed by atoms with Gasteiger partial charge < -0.3 is 15.5 Å². The van der Waals surface area contributed by atoms with Gasteiger partial charge in [-0.05, 0) is 57.6 Å². The van der Waals surface area contributed by atoms with E-state index in [1.807, 2.05) is 18.2 Å². The molecule has 4 heteroatoms. The van der Waals surface area contributed by atoms with Crippen LogP contribution in [0.2, 0.25) is 0 Å². The summed E-state index contributed by atoms with van der Waals surface area (Å²) >= 11 is 0. The highest BCUT2D eigenvalue weighted by atomic mass is 16.1. The predicted molar refractivity (Wildman–Crippen MR) is 78.7 cm³/mol. The highest BCUT2D eigenvalue weighted by Gasteiger charge is 2.17. The third-order valence-electron chi connectivity index (χ3n) is 3.81. The molecule has 0 aromatic heterocycles. The zero-order valence-electron chi connectivity index (χ0n) is 12.0. The van der Waals surface area contributed by atoms with Crippen molar-refractivity contribution >= 4 is 11.6 Å². The average Bonchev–Trinajstić information content (AvgIpc) is 2.43. The zero-order chi connectivity index (χ0) is 13.8. The standard InChI is InChI=1S/C15H23N3O/c1-11-4-5-12(15(19)16-2)10-14(11)17-13-6-8-18(3)9-7-13/h4-5,10,13,17H,6-9H2,1-3H3,(H,16,19). The Balaban J connectivity index is 2.08. The second kappa shape index (κ2) is 6.06. The molecule has 1 aromatic rings. The highest BCUT2D eigenvalue weighted by molar-refractivity contribution is 5.95. The van der Waals surface area contributed by atoms with Crippen LogP contribution in [-0.2, 0) is 0 Å². The van der Waals surface area contributed by atoms with Crippen molar-refractivity contribution in [2.24, 2.45) is 0 Å². The van der Waals surface area contributed by atoms with Crippen molar-refractivity contribution in [3.63, 3.8) is 0 Å². The Bertz CT molecular complexity index is 451. The van der Waals surface area contributed by atoms with Crippen molar-refractivity contribution in [1.82, 2.24) is 10.2 Å². The number of hydrogen-bond donors (Lipinski definition) is 2. The van der Waals surface area contributed by atoms with E-state index in [2.05, 4.69) is 29.5 Å². The van der Waals surface area contributed by atoms with Crippen molar-refractivity contribution in [2.75, 3.05) is 32.5 Å². The number of likely N-dealkylation sites (tertiary alicyclic amines) is 1. The molecule has 2 N–H and O–H groups in total. The lowest BCUT2D eigenvalue weighted by atomic mass is 10.0. The first kappa shape index (κ1) is 13.9. The van der Waals surface area contributed by atoms with E-state index in [-0.39, 0.29) is 5.91 Å². The minimum atomic E-state index is -0.0357. The van der Waals surface area contributed by atoms with Gasteiger partial charge in [0.15, 0.2) is 0 Å². The van der Waals surface area contributed by atoms with Crippen LogP contribution in [0.3, 0.4) is 0 Å². The number of nitrogens with zero attached hydrogens (tertiary/aromatic N) is 1. The lowest BCUT2D eigenvalue weighted by Crippen LogP contribution is -2.36. The number of anilines is 1. The van der Waals surface area contributed by atoms with Crippen LogP contribution in [0.5, 0.6) is 0 Å². The van der Waals surface area contributed by atoms with Crippen LogP contribution in [0.4, 0.5) is 5.69 Å². The number of nitrogens with one attached hydrogen (secondary N) is 2. The number of carbonyl (C=O) groups excluding carboxylic acids is 1. The molecule has 1 fully saturated rings. The molecule has 0 spiro atoms. The van der Waals surface area contributed by atoms with Crippen molar-refractivity contribution in [3.8, 4) is 0 Å². The average molecular weight is 261 g/mol. The van der Waals surface area contributed by atoms with E-state index in [0.717, 1.165) is 31.6 Å². The predicted octanol–water partition coefficient (Wildman–Crippen LogP) is 1.86. The number of benzene rings is 1. The Hall–Kier alpha value is -1.55. The Kier molecular flexibility index (Phi) is 4.43. The minimum absolute atomic E-state index is 0.0357. The van der Waals surface area contributed by atoms with Crippen molar-refractivity contribution < 1.29 is 4.79 Å². The monoisotopic (exact) mass is 261 g/mol. The van der Waals surface area contributed by atoms with Gasteiger partial charge in [0, 0.05) is 24.3 Å². The molecule has 2 rings (SSSR count). The molecule has 1 aliphatic heterocycles. The Morgan fingerprint density at radius 1 is 1.32 bits per heavy atom. The number of hydrogen-bond acceptors (Lipinski definition) is 3. The van der Waals surface area contributed by atoms with Gasteiger partial charge in [0.25, 0.3) is 5.91 Å². The van der Waals surface area contributed by atoms with Crippen molar-refractivity contribution in [1.29, 1.82) is 0 Å². The first-order chi connectivity index (χ1) is 9.10. The summed E-state index contributed by atoms with van der Waals surface area (Å²) in [4.78, 5) is 14.0. The maximum absolute atomic E-state index is 11.7. The van der Waals surface area contributed by atoms with Gasteiger partial charge in [-0.15, -0.1) is 0 Å². The highest BCUT2D eigenvalue weighted by Crippen LogP contribution is 2.21. The van der Waals surface area contributed by atoms with Gasteiger partial charge in [-0.3, -0.25) is 4.79 Å². The van der Waals surface area contributed by atoms with Crippen LogP contribution in [0.15, 0.2) is 18.2 Å². The lowest BCUT2D eigenvalue weighted by molar-refractivity contribution is 0.0963. The van der Waals surface area contributed by atoms with Gasteiger partial charge in [0.05, 0.1) is 0 Å². The second-order valence-corrected chi connectivity index (χ2v) is 5.33. The molecule has 0 atom stereocenters. The number of carbonyl (C=O) groups is 1. The second-order valence-electron chi connectivity index (χ2n) is 5.33. The Labute approximate surface area is 115 Å². The van der Waals surface area contributed by atoms with Crippen LogP contribution >= 0.6 is 0 Å². The number of aryl methyl sites for hydroxylation is 1. The summed E-state index contributed by atoms with van der Waals surface area (Å²) in [6, 6.07) is 6.33. The van der Waals surface area contributed by atoms with E-state index in [9.17, 15) is 4.79 Å². The van der Waals surface area contributed by atoms with Gasteiger partial charge in [0.2, 0.25) is 0 Å². The topological polar surface area (TPSA) is 44.4 Å². The van der Waals surface area contributed by atoms with Crippen LogP contribution in [-0.4, -0.2) is 44.0 Å². The van der Waals surface area contributed by atoms with Crippen molar-refractivity contribution in [2.45, 2.75) is 25.8 Å². The first-order valence-electron chi connectivity index (χ1n) is 6.88. The number of piperidine rings is 1. The third kappa shape index (κ3) is 3.47. The number of rotatable bonds is 3. The van der Waals surface area contributed by atoms with Crippen LogP contribution in [0.1, 0.15) is 28.8 Å². The van der Waals surface area contributed by atoms with E-state index in [1.165, 1.54) is 5.56 Å². The lowest BCUT2D eigenvalue weighted by Gasteiger charge is -2.30. The minimum Gasteiger partial charge on any atom is -0.382 e. The van der Waals surface area contributed by atoms with Gasteiger partial charge in [0.1, 0.15) is 0 Å². The largest absolute Gasteiger partial charge is 0.382 e. The van der Waals surface area contributed by atoms with E-state index in [1.54, 1.807) is 7.05 Å². The van der Waals surface area contributed by atoms with Crippen LogP contribution in [0.25, 0.3) is 0 Å². The summed E-state index contributed by atoms with van der Waals surface area (Å²) in [7, 11) is 3.82. The van der Waals surface area contributed by atoms with Gasteiger partial charge in [-0.2, -0.15) is 0 Å². The summed E-state index contributed by atoms with van der Waals surface area (Å²) in [5, 5.41) is 6.25. The fourth-order valence-electron chi connectivity index (χ4n) is 2.44. The molecule has 0 bridgehead atoms. The van der Waals surface area contributed by atoms with E-state index >= 15 is 0 Å². The molecule has 0 unspecified atom stereocenters. The quantitative estimate of drug-likeness (QED) is 0.873. The maximum atomic E-state index is 11.7. The molecular formula is C15H23N3O. The molecule has 1 aromatic carbocycles. The normalized spacial score (nSPS) is 17.2. The maximum Gasteiger partial charge on any atom is 0.251 e. The van der Waals surface area contributed by atoms with Crippen LogP contribution in [0, 0.1) is 6.92 Å². The molecule has 1 saturated heterocycles. The summed E-state index contributed by atoms with van der Waals surface area (Å²) < 4.78 is 0. The molecule has 104 valence electrons. The van der Waals surface area contributed by atoms with E-state index in [0.29, 0.717) is 11.6 Å². The van der Waals surface area contributed by atoms with E-state index < -0.39 is 0 Å². The van der Waals surface area contributed by atoms with Gasteiger partial charge in [-0.25, -0.2) is 0 Å². The smallest absolute Gasteiger partial charge is 0.251 e. The SMILES string of the molecule is CNC(=O)c1ccc(C)c(NC2CCN(C)CC2)c1. The molecule has 1 heterocycles. The summed E-state index contributed by atoms with van der Waals surface area (Å²) in [6.45, 7) is 4.34. The zero-order valence-corrected chi connectivity index (χ0v) is 12.0. The molecular weight excluding hydrogens is 238 g/mol. The molecule has 0 saturated carbocycles. The van der Waals surface area contributed by atoms with Crippen LogP contribution < -0.4 is 10.6 Å². The Morgan fingerprint density at radius 3 is 2.63 bits per heavy atom. The molecule has 0 aliphatic carbocycles. The molecule has 19 heavy (non-hydrogen) atoms. The molecule has 0 radical (unpaired) electrons.